The van der Waals surface area contributed by atoms with Gasteiger partial charge in [-0.25, -0.2) is 4.98 Å². The van der Waals surface area contributed by atoms with Crippen molar-refractivity contribution in [1.82, 2.24) is 25.0 Å². The van der Waals surface area contributed by atoms with Crippen molar-refractivity contribution in [2.45, 2.75) is 19.2 Å². The monoisotopic (exact) mass is 362 g/mol. The summed E-state index contributed by atoms with van der Waals surface area (Å²) in [6.07, 6.45) is 1.54. The van der Waals surface area contributed by atoms with E-state index in [1.165, 1.54) is 0 Å². The largest absolute Gasteiger partial charge is 0.357 e. The van der Waals surface area contributed by atoms with Gasteiger partial charge < -0.3 is 10.2 Å². The van der Waals surface area contributed by atoms with Gasteiger partial charge in [0.05, 0.1) is 13.1 Å². The van der Waals surface area contributed by atoms with Crippen molar-refractivity contribution in [2.24, 2.45) is 12.0 Å². The molecule has 1 atom stereocenters. The summed E-state index contributed by atoms with van der Waals surface area (Å²) in [4.78, 5) is 10.8. The van der Waals surface area contributed by atoms with Gasteiger partial charge in [0.25, 0.3) is 0 Å². The number of hydrogen-bond donors (Lipinski definition) is 1. The van der Waals surface area contributed by atoms with E-state index in [-0.39, 0.29) is 0 Å². The SMILES string of the molecule is CCNC(=NCCS(=O)Cc1ccccc1)N(C)Cc1ncnn1C. The van der Waals surface area contributed by atoms with E-state index < -0.39 is 10.8 Å². The van der Waals surface area contributed by atoms with Crippen LogP contribution >= 0.6 is 0 Å². The fourth-order valence-electron chi connectivity index (χ4n) is 2.31. The fraction of sp³-hybridized carbons (Fsp3) is 0.471. The number of rotatable bonds is 8. The van der Waals surface area contributed by atoms with Gasteiger partial charge in [0.15, 0.2) is 5.96 Å². The molecule has 0 aliphatic rings. The Morgan fingerprint density at radius 3 is 2.76 bits per heavy atom. The second-order valence-corrected chi connectivity index (χ2v) is 7.24. The zero-order chi connectivity index (χ0) is 18.1. The molecular formula is C17H26N6OS. The van der Waals surface area contributed by atoms with Crippen LogP contribution in [0.2, 0.25) is 0 Å². The van der Waals surface area contributed by atoms with Crippen molar-refractivity contribution in [2.75, 3.05) is 25.9 Å². The highest BCUT2D eigenvalue weighted by molar-refractivity contribution is 7.84. The smallest absolute Gasteiger partial charge is 0.194 e. The average Bonchev–Trinajstić information content (AvgIpc) is 3.00. The predicted molar refractivity (Wildman–Crippen MR) is 102 cm³/mol. The maximum Gasteiger partial charge on any atom is 0.194 e. The maximum absolute atomic E-state index is 12.2. The first-order valence-corrected chi connectivity index (χ1v) is 9.80. The van der Waals surface area contributed by atoms with E-state index in [1.807, 2.05) is 56.3 Å². The Kier molecular flexibility index (Phi) is 7.59. The number of nitrogens with zero attached hydrogens (tertiary/aromatic N) is 5. The molecule has 2 aromatic rings. The lowest BCUT2D eigenvalue weighted by Crippen LogP contribution is -2.39. The highest BCUT2D eigenvalue weighted by atomic mass is 32.2. The summed E-state index contributed by atoms with van der Waals surface area (Å²) in [5, 5.41) is 7.34. The summed E-state index contributed by atoms with van der Waals surface area (Å²) in [5.41, 5.74) is 1.09. The summed E-state index contributed by atoms with van der Waals surface area (Å²) >= 11 is 0. The number of guanidine groups is 1. The van der Waals surface area contributed by atoms with E-state index >= 15 is 0 Å². The van der Waals surface area contributed by atoms with Crippen LogP contribution in [0.5, 0.6) is 0 Å². The van der Waals surface area contributed by atoms with Crippen LogP contribution in [0.25, 0.3) is 0 Å². The lowest BCUT2D eigenvalue weighted by Gasteiger charge is -2.21. The Morgan fingerprint density at radius 2 is 2.12 bits per heavy atom. The molecule has 25 heavy (non-hydrogen) atoms. The van der Waals surface area contributed by atoms with Gasteiger partial charge in [-0.05, 0) is 12.5 Å². The highest BCUT2D eigenvalue weighted by Crippen LogP contribution is 2.03. The molecule has 0 saturated carbocycles. The minimum Gasteiger partial charge on any atom is -0.357 e. The minimum absolute atomic E-state index is 0.519. The first-order chi connectivity index (χ1) is 12.1. The highest BCUT2D eigenvalue weighted by Gasteiger charge is 2.10. The van der Waals surface area contributed by atoms with Crippen molar-refractivity contribution in [3.8, 4) is 0 Å². The molecule has 2 rings (SSSR count). The minimum atomic E-state index is -0.920. The van der Waals surface area contributed by atoms with Crippen molar-refractivity contribution >= 4 is 16.8 Å². The second kappa shape index (κ2) is 9.93. The maximum atomic E-state index is 12.2. The van der Waals surface area contributed by atoms with Crippen molar-refractivity contribution < 1.29 is 4.21 Å². The van der Waals surface area contributed by atoms with Crippen LogP contribution in [0.15, 0.2) is 41.7 Å². The van der Waals surface area contributed by atoms with Gasteiger partial charge in [0.1, 0.15) is 12.2 Å². The van der Waals surface area contributed by atoms with Gasteiger partial charge in [-0.1, -0.05) is 30.3 Å². The Balaban J connectivity index is 1.88. The van der Waals surface area contributed by atoms with Crippen LogP contribution in [0, 0.1) is 0 Å². The van der Waals surface area contributed by atoms with Crippen LogP contribution in [0.3, 0.4) is 0 Å². The molecule has 0 amide bonds. The first kappa shape index (κ1) is 19.1. The zero-order valence-corrected chi connectivity index (χ0v) is 15.9. The van der Waals surface area contributed by atoms with E-state index in [9.17, 15) is 4.21 Å². The molecular weight excluding hydrogens is 336 g/mol. The van der Waals surface area contributed by atoms with E-state index in [4.69, 9.17) is 0 Å². The molecule has 7 nitrogen and oxygen atoms in total. The third kappa shape index (κ3) is 6.30. The van der Waals surface area contributed by atoms with Gasteiger partial charge in [-0.2, -0.15) is 5.10 Å². The molecule has 0 aliphatic heterocycles. The third-order valence-electron chi connectivity index (χ3n) is 3.63. The Bertz CT molecular complexity index is 700. The van der Waals surface area contributed by atoms with Crippen LogP contribution < -0.4 is 5.32 Å². The van der Waals surface area contributed by atoms with Gasteiger partial charge in [0, 0.05) is 42.9 Å². The Hall–Kier alpha value is -2.22. The molecule has 1 unspecified atom stereocenters. The fourth-order valence-corrected chi connectivity index (χ4v) is 3.31. The first-order valence-electron chi connectivity index (χ1n) is 8.31. The normalized spacial score (nSPS) is 12.8. The molecule has 0 bridgehead atoms. The molecule has 0 fully saturated rings. The quantitative estimate of drug-likeness (QED) is 0.563. The predicted octanol–water partition coefficient (Wildman–Crippen LogP) is 1.16. The summed E-state index contributed by atoms with van der Waals surface area (Å²) in [7, 11) is 2.90. The van der Waals surface area contributed by atoms with Gasteiger partial charge in [-0.15, -0.1) is 0 Å². The molecule has 8 heteroatoms. The molecule has 1 aromatic heterocycles. The third-order valence-corrected chi connectivity index (χ3v) is 4.92. The number of aliphatic imine (C=N–C) groups is 1. The molecule has 1 N–H and O–H groups in total. The van der Waals surface area contributed by atoms with Crippen LogP contribution in [0.4, 0.5) is 0 Å². The lowest BCUT2D eigenvalue weighted by molar-refractivity contribution is 0.449. The summed E-state index contributed by atoms with van der Waals surface area (Å²) < 4.78 is 14.0. The van der Waals surface area contributed by atoms with E-state index in [0.717, 1.165) is 23.9 Å². The van der Waals surface area contributed by atoms with Gasteiger partial charge >= 0.3 is 0 Å². The van der Waals surface area contributed by atoms with Crippen LogP contribution in [-0.2, 0) is 30.1 Å². The topological polar surface area (TPSA) is 75.4 Å². The van der Waals surface area contributed by atoms with Crippen LogP contribution in [0.1, 0.15) is 18.3 Å². The Labute approximate surface area is 151 Å². The molecule has 0 spiro atoms. The Morgan fingerprint density at radius 1 is 1.36 bits per heavy atom. The van der Waals surface area contributed by atoms with E-state index in [0.29, 0.717) is 24.6 Å². The zero-order valence-electron chi connectivity index (χ0n) is 15.1. The number of hydrogen-bond acceptors (Lipinski definition) is 4. The standard InChI is InChI=1S/C17H26N6OS/c1-4-18-17(22(2)12-16-20-14-21-23(16)3)19-10-11-25(24)13-15-8-6-5-7-9-15/h5-9,14H,4,10-13H2,1-3H3,(H,18,19). The molecule has 1 heterocycles. The molecule has 0 aliphatic carbocycles. The summed E-state index contributed by atoms with van der Waals surface area (Å²) in [5.74, 6) is 2.76. The average molecular weight is 363 g/mol. The molecule has 136 valence electrons. The van der Waals surface area contributed by atoms with Gasteiger partial charge in [-0.3, -0.25) is 13.9 Å². The number of aromatic nitrogens is 3. The summed E-state index contributed by atoms with van der Waals surface area (Å²) in [6.45, 7) is 3.93. The van der Waals surface area contributed by atoms with Crippen LogP contribution in [-0.4, -0.2) is 55.7 Å². The molecule has 0 radical (unpaired) electrons. The second-order valence-electron chi connectivity index (χ2n) is 5.67. The van der Waals surface area contributed by atoms with Crippen molar-refractivity contribution in [3.05, 3.63) is 48.0 Å². The molecule has 0 saturated heterocycles. The van der Waals surface area contributed by atoms with E-state index in [1.54, 1.807) is 11.0 Å². The van der Waals surface area contributed by atoms with Crippen molar-refractivity contribution in [3.63, 3.8) is 0 Å². The van der Waals surface area contributed by atoms with Gasteiger partial charge in [0.2, 0.25) is 0 Å². The molecule has 1 aromatic carbocycles. The lowest BCUT2D eigenvalue weighted by atomic mass is 10.2. The number of aryl methyl sites for hydroxylation is 1. The number of benzene rings is 1. The summed E-state index contributed by atoms with van der Waals surface area (Å²) in [6, 6.07) is 9.90. The van der Waals surface area contributed by atoms with E-state index in [2.05, 4.69) is 20.4 Å². The number of nitrogens with one attached hydrogen (secondary N) is 1. The van der Waals surface area contributed by atoms with Crippen molar-refractivity contribution in [1.29, 1.82) is 0 Å².